The first kappa shape index (κ1) is 20.9. The van der Waals surface area contributed by atoms with Gasteiger partial charge < -0.3 is 5.32 Å². The fourth-order valence-corrected chi connectivity index (χ4v) is 4.09. The Hall–Kier alpha value is -3.38. The first-order valence-electron chi connectivity index (χ1n) is 10.2. The second-order valence-electron chi connectivity index (χ2n) is 7.23. The van der Waals surface area contributed by atoms with E-state index in [0.717, 1.165) is 27.7 Å². The van der Waals surface area contributed by atoms with Gasteiger partial charge in [-0.3, -0.25) is 9.36 Å². The Morgan fingerprint density at radius 1 is 0.903 bits per heavy atom. The zero-order chi connectivity index (χ0) is 21.5. The number of nitrogens with zero attached hydrogens (tertiary/aromatic N) is 3. The second kappa shape index (κ2) is 10.1. The third-order valence-electron chi connectivity index (χ3n) is 4.94. The molecule has 1 heterocycles. The van der Waals surface area contributed by atoms with E-state index in [9.17, 15) is 4.79 Å². The molecule has 0 bridgehead atoms. The monoisotopic (exact) mass is 428 g/mol. The van der Waals surface area contributed by atoms with Crippen LogP contribution in [-0.4, -0.2) is 26.4 Å². The summed E-state index contributed by atoms with van der Waals surface area (Å²) in [5.41, 5.74) is 3.24. The molecule has 0 aliphatic heterocycles. The lowest BCUT2D eigenvalue weighted by molar-refractivity contribution is -0.119. The smallest absolute Gasteiger partial charge is 0.230 e. The first-order valence-corrected chi connectivity index (χ1v) is 11.2. The number of nitrogens with one attached hydrogen (secondary N) is 1. The Labute approximate surface area is 186 Å². The van der Waals surface area contributed by atoms with Crippen LogP contribution in [0.4, 0.5) is 0 Å². The van der Waals surface area contributed by atoms with Gasteiger partial charge in [-0.1, -0.05) is 103 Å². The molecule has 0 radical (unpaired) electrons. The molecule has 1 atom stereocenters. The van der Waals surface area contributed by atoms with Gasteiger partial charge in [-0.05, 0) is 18.1 Å². The van der Waals surface area contributed by atoms with Gasteiger partial charge in [0.2, 0.25) is 5.91 Å². The Kier molecular flexibility index (Phi) is 6.79. The van der Waals surface area contributed by atoms with Crippen molar-refractivity contribution in [3.63, 3.8) is 0 Å². The van der Waals surface area contributed by atoms with Crippen molar-refractivity contribution < 1.29 is 4.79 Å². The van der Waals surface area contributed by atoms with Crippen LogP contribution in [-0.2, 0) is 11.3 Å². The molecule has 156 valence electrons. The Morgan fingerprint density at radius 2 is 1.52 bits per heavy atom. The maximum absolute atomic E-state index is 12.6. The van der Waals surface area contributed by atoms with Gasteiger partial charge in [0.15, 0.2) is 11.0 Å². The van der Waals surface area contributed by atoms with Gasteiger partial charge in [0.05, 0.1) is 18.3 Å². The maximum Gasteiger partial charge on any atom is 0.230 e. The Balaban J connectivity index is 1.50. The highest BCUT2D eigenvalue weighted by molar-refractivity contribution is 7.99. The molecule has 3 aromatic carbocycles. The van der Waals surface area contributed by atoms with E-state index >= 15 is 0 Å². The molecule has 0 saturated carbocycles. The maximum atomic E-state index is 12.6. The highest BCUT2D eigenvalue weighted by Crippen LogP contribution is 2.25. The fourth-order valence-electron chi connectivity index (χ4n) is 3.34. The number of rotatable bonds is 8. The van der Waals surface area contributed by atoms with Crippen LogP contribution in [0.1, 0.15) is 24.1 Å². The molecule has 1 amide bonds. The number of thioether (sulfide) groups is 1. The molecule has 0 saturated heterocycles. The van der Waals surface area contributed by atoms with Crippen LogP contribution < -0.4 is 5.32 Å². The minimum absolute atomic E-state index is 0.0307. The van der Waals surface area contributed by atoms with Crippen molar-refractivity contribution in [2.24, 2.45) is 0 Å². The topological polar surface area (TPSA) is 59.8 Å². The zero-order valence-corrected chi connectivity index (χ0v) is 18.1. The lowest BCUT2D eigenvalue weighted by atomic mass is 10.1. The summed E-state index contributed by atoms with van der Waals surface area (Å²) in [5.74, 6) is 1.04. The van der Waals surface area contributed by atoms with Gasteiger partial charge in [0.25, 0.3) is 0 Å². The molecule has 4 aromatic rings. The van der Waals surface area contributed by atoms with E-state index in [2.05, 4.69) is 32.2 Å². The summed E-state index contributed by atoms with van der Waals surface area (Å²) in [7, 11) is 0. The minimum atomic E-state index is -0.0450. The second-order valence-corrected chi connectivity index (χ2v) is 8.18. The number of carbonyl (C=O) groups excluding carboxylic acids is 1. The highest BCUT2D eigenvalue weighted by Gasteiger charge is 2.17. The third-order valence-corrected chi connectivity index (χ3v) is 5.91. The molecule has 0 aliphatic rings. The van der Waals surface area contributed by atoms with Gasteiger partial charge in [0, 0.05) is 5.56 Å². The summed E-state index contributed by atoms with van der Waals surface area (Å²) in [6, 6.07) is 30.1. The molecule has 6 heteroatoms. The van der Waals surface area contributed by atoms with Crippen LogP contribution in [0, 0.1) is 0 Å². The van der Waals surface area contributed by atoms with E-state index in [-0.39, 0.29) is 17.7 Å². The highest BCUT2D eigenvalue weighted by atomic mass is 32.2. The van der Waals surface area contributed by atoms with Gasteiger partial charge in [-0.2, -0.15) is 0 Å². The molecule has 1 N–H and O–H groups in total. The summed E-state index contributed by atoms with van der Waals surface area (Å²) in [6.07, 6.45) is 0. The average molecular weight is 429 g/mol. The van der Waals surface area contributed by atoms with Crippen LogP contribution in [0.5, 0.6) is 0 Å². The van der Waals surface area contributed by atoms with Crippen LogP contribution in [0.15, 0.2) is 96.2 Å². The number of carbonyl (C=O) groups is 1. The summed E-state index contributed by atoms with van der Waals surface area (Å²) < 4.78 is 2.07. The van der Waals surface area contributed by atoms with E-state index in [4.69, 9.17) is 0 Å². The Morgan fingerprint density at radius 3 is 2.19 bits per heavy atom. The van der Waals surface area contributed by atoms with Gasteiger partial charge in [-0.25, -0.2) is 0 Å². The van der Waals surface area contributed by atoms with E-state index in [0.29, 0.717) is 6.54 Å². The van der Waals surface area contributed by atoms with E-state index < -0.39 is 0 Å². The van der Waals surface area contributed by atoms with Crippen molar-refractivity contribution >= 4 is 17.7 Å². The quantitative estimate of drug-likeness (QED) is 0.403. The van der Waals surface area contributed by atoms with Gasteiger partial charge in [0.1, 0.15) is 0 Å². The van der Waals surface area contributed by atoms with Crippen LogP contribution in [0.2, 0.25) is 0 Å². The summed E-state index contributed by atoms with van der Waals surface area (Å²) >= 11 is 1.40. The van der Waals surface area contributed by atoms with E-state index in [1.807, 2.05) is 85.8 Å². The predicted octanol–water partition coefficient (Wildman–Crippen LogP) is 4.96. The summed E-state index contributed by atoms with van der Waals surface area (Å²) in [5, 5.41) is 12.6. The van der Waals surface area contributed by atoms with Crippen molar-refractivity contribution in [3.05, 3.63) is 102 Å². The third kappa shape index (κ3) is 5.41. The molecule has 0 spiro atoms. The number of hydrogen-bond acceptors (Lipinski definition) is 4. The van der Waals surface area contributed by atoms with Crippen molar-refractivity contribution in [2.45, 2.75) is 24.7 Å². The van der Waals surface area contributed by atoms with E-state index in [1.165, 1.54) is 11.8 Å². The lowest BCUT2D eigenvalue weighted by Crippen LogP contribution is -2.28. The number of hydrogen-bond donors (Lipinski definition) is 1. The largest absolute Gasteiger partial charge is 0.349 e. The summed E-state index contributed by atoms with van der Waals surface area (Å²) in [6.45, 7) is 2.63. The van der Waals surface area contributed by atoms with Crippen molar-refractivity contribution in [2.75, 3.05) is 5.75 Å². The molecule has 4 rings (SSSR count). The standard InChI is InChI=1S/C25H24N4OS/c1-19(21-13-7-3-8-14-21)26-23(30)18-31-25-28-27-24(22-15-9-4-10-16-22)29(25)17-20-11-5-2-6-12-20/h2-16,19H,17-18H2,1H3,(H,26,30)/t19-/m1/s1. The molecule has 0 fully saturated rings. The average Bonchev–Trinajstić information content (AvgIpc) is 3.22. The van der Waals surface area contributed by atoms with E-state index in [1.54, 1.807) is 0 Å². The zero-order valence-electron chi connectivity index (χ0n) is 17.3. The van der Waals surface area contributed by atoms with Gasteiger partial charge in [-0.15, -0.1) is 10.2 Å². The number of aromatic nitrogens is 3. The van der Waals surface area contributed by atoms with Crippen molar-refractivity contribution in [1.29, 1.82) is 0 Å². The Bertz CT molecular complexity index is 1110. The molecule has 0 aliphatic carbocycles. The SMILES string of the molecule is C[C@@H](NC(=O)CSc1nnc(-c2ccccc2)n1Cc1ccccc1)c1ccccc1. The number of benzene rings is 3. The molecular formula is C25H24N4OS. The summed E-state index contributed by atoms with van der Waals surface area (Å²) in [4.78, 5) is 12.6. The fraction of sp³-hybridized carbons (Fsp3) is 0.160. The molecule has 0 unspecified atom stereocenters. The lowest BCUT2D eigenvalue weighted by Gasteiger charge is -2.14. The number of amides is 1. The normalized spacial score (nSPS) is 11.8. The molecule has 5 nitrogen and oxygen atoms in total. The van der Waals surface area contributed by atoms with Crippen molar-refractivity contribution in [1.82, 2.24) is 20.1 Å². The van der Waals surface area contributed by atoms with Crippen molar-refractivity contribution in [3.8, 4) is 11.4 Å². The minimum Gasteiger partial charge on any atom is -0.349 e. The molecule has 31 heavy (non-hydrogen) atoms. The van der Waals surface area contributed by atoms with Gasteiger partial charge >= 0.3 is 0 Å². The van der Waals surface area contributed by atoms with Crippen LogP contribution in [0.25, 0.3) is 11.4 Å². The molecular weight excluding hydrogens is 404 g/mol. The predicted molar refractivity (Wildman–Crippen MR) is 125 cm³/mol. The van der Waals surface area contributed by atoms with Crippen LogP contribution >= 0.6 is 11.8 Å². The first-order chi connectivity index (χ1) is 15.2. The molecule has 1 aromatic heterocycles. The van der Waals surface area contributed by atoms with Crippen LogP contribution in [0.3, 0.4) is 0 Å².